The largest absolute Gasteiger partial charge is 0.465 e. The summed E-state index contributed by atoms with van der Waals surface area (Å²) in [7, 11) is 0. The monoisotopic (exact) mass is 365 g/mol. The Labute approximate surface area is 154 Å². The summed E-state index contributed by atoms with van der Waals surface area (Å²) >= 11 is 0. The molecule has 0 saturated heterocycles. The first-order valence-electron chi connectivity index (χ1n) is 8.55. The van der Waals surface area contributed by atoms with Gasteiger partial charge in [0.2, 0.25) is 0 Å². The van der Waals surface area contributed by atoms with Gasteiger partial charge in [-0.15, -0.1) is 0 Å². The molecule has 26 heavy (non-hydrogen) atoms. The van der Waals surface area contributed by atoms with E-state index >= 15 is 0 Å². The van der Waals surface area contributed by atoms with Crippen LogP contribution < -0.4 is 5.32 Å². The molecule has 0 fully saturated rings. The van der Waals surface area contributed by atoms with Gasteiger partial charge in [-0.25, -0.2) is 4.79 Å². The Morgan fingerprint density at radius 2 is 1.65 bits per heavy atom. The molecule has 0 radical (unpaired) electrons. The van der Waals surface area contributed by atoms with Crippen molar-refractivity contribution in [3.8, 4) is 0 Å². The Morgan fingerprint density at radius 1 is 1.04 bits per heavy atom. The van der Waals surface area contributed by atoms with Gasteiger partial charge in [-0.1, -0.05) is 12.1 Å². The second-order valence-corrected chi connectivity index (χ2v) is 6.54. The number of Topliss-reactive ketones (excluding diaryl/α,β-unsaturated/α-hetero) is 1. The number of carbonyl (C=O) groups is 3. The molecule has 1 unspecified atom stereocenters. The quantitative estimate of drug-likeness (QED) is 0.561. The summed E-state index contributed by atoms with van der Waals surface area (Å²) < 4.78 is 15.3. The van der Waals surface area contributed by atoms with Crippen molar-refractivity contribution in [1.82, 2.24) is 0 Å². The maximum atomic E-state index is 12.3. The molecular weight excluding hydrogens is 338 g/mol. The highest BCUT2D eigenvalue weighted by Crippen LogP contribution is 2.22. The van der Waals surface area contributed by atoms with Gasteiger partial charge in [0.15, 0.2) is 5.78 Å². The Bertz CT molecular complexity index is 618. The number of carbonyl (C=O) groups excluding carboxylic acids is 3. The lowest BCUT2D eigenvalue weighted by atomic mass is 9.94. The number of ketones is 1. The van der Waals surface area contributed by atoms with E-state index in [2.05, 4.69) is 5.32 Å². The Kier molecular flexibility index (Phi) is 8.25. The molecular formula is C19H27NO6. The summed E-state index contributed by atoms with van der Waals surface area (Å²) in [5.41, 5.74) is 0.357. The maximum absolute atomic E-state index is 12.3. The van der Waals surface area contributed by atoms with Crippen molar-refractivity contribution in [3.63, 3.8) is 0 Å². The molecule has 0 aliphatic heterocycles. The molecule has 0 aliphatic rings. The zero-order valence-electron chi connectivity index (χ0n) is 16.0. The number of rotatable bonds is 8. The Morgan fingerprint density at radius 3 is 2.15 bits per heavy atom. The van der Waals surface area contributed by atoms with Crippen LogP contribution >= 0.6 is 0 Å². The van der Waals surface area contributed by atoms with Gasteiger partial charge >= 0.3 is 12.1 Å². The minimum atomic E-state index is -1.06. The van der Waals surface area contributed by atoms with Gasteiger partial charge in [0.25, 0.3) is 0 Å². The van der Waals surface area contributed by atoms with E-state index in [0.717, 1.165) is 0 Å². The van der Waals surface area contributed by atoms with Gasteiger partial charge in [0.05, 0.1) is 6.61 Å². The highest BCUT2D eigenvalue weighted by molar-refractivity contribution is 6.05. The van der Waals surface area contributed by atoms with E-state index in [1.165, 1.54) is 0 Å². The average molecular weight is 365 g/mol. The van der Waals surface area contributed by atoms with Crippen molar-refractivity contribution in [3.05, 3.63) is 29.8 Å². The van der Waals surface area contributed by atoms with Crippen LogP contribution in [0.5, 0.6) is 0 Å². The van der Waals surface area contributed by atoms with E-state index in [9.17, 15) is 14.4 Å². The number of hydrogen-bond acceptors (Lipinski definition) is 6. The summed E-state index contributed by atoms with van der Waals surface area (Å²) in [6.45, 7) is 9.13. The molecule has 1 amide bonds. The van der Waals surface area contributed by atoms with E-state index < -0.39 is 23.6 Å². The van der Waals surface area contributed by atoms with E-state index in [4.69, 9.17) is 14.2 Å². The van der Waals surface area contributed by atoms with Crippen LogP contribution in [0.2, 0.25) is 0 Å². The second kappa shape index (κ2) is 9.91. The lowest BCUT2D eigenvalue weighted by molar-refractivity contribution is -0.148. The van der Waals surface area contributed by atoms with E-state index in [0.29, 0.717) is 17.9 Å². The smallest absolute Gasteiger partial charge is 0.412 e. The standard InChI is InChI=1S/C19H27NO6/c1-6-24-12-15(21)16(17(22)25-7-2)13-8-10-14(11-9-13)20-18(23)26-19(3,4)5/h8-11,16H,6-7,12H2,1-5H3,(H,20,23). The molecule has 0 saturated carbocycles. The minimum Gasteiger partial charge on any atom is -0.465 e. The number of ether oxygens (including phenoxy) is 3. The molecule has 0 spiro atoms. The topological polar surface area (TPSA) is 90.9 Å². The van der Waals surface area contributed by atoms with Gasteiger partial charge in [0.1, 0.15) is 18.1 Å². The first-order valence-corrected chi connectivity index (χ1v) is 8.55. The van der Waals surface area contributed by atoms with Crippen molar-refractivity contribution in [2.45, 2.75) is 46.1 Å². The third-order valence-electron chi connectivity index (χ3n) is 3.18. The molecule has 0 aliphatic carbocycles. The van der Waals surface area contributed by atoms with Crippen molar-refractivity contribution in [2.75, 3.05) is 25.1 Å². The molecule has 1 atom stereocenters. The van der Waals surface area contributed by atoms with Crippen molar-refractivity contribution in [1.29, 1.82) is 0 Å². The zero-order chi connectivity index (χ0) is 19.7. The number of amides is 1. The second-order valence-electron chi connectivity index (χ2n) is 6.54. The maximum Gasteiger partial charge on any atom is 0.412 e. The first kappa shape index (κ1) is 21.6. The van der Waals surface area contributed by atoms with Crippen LogP contribution in [0, 0.1) is 0 Å². The van der Waals surface area contributed by atoms with Crippen LogP contribution in [-0.2, 0) is 23.8 Å². The number of nitrogens with one attached hydrogen (secondary N) is 1. The molecule has 7 nitrogen and oxygen atoms in total. The number of benzene rings is 1. The number of hydrogen-bond donors (Lipinski definition) is 1. The lowest BCUT2D eigenvalue weighted by Gasteiger charge is -2.20. The normalized spacial score (nSPS) is 12.2. The van der Waals surface area contributed by atoms with E-state index in [1.54, 1.807) is 58.9 Å². The molecule has 0 aromatic heterocycles. The van der Waals surface area contributed by atoms with Gasteiger partial charge in [0, 0.05) is 12.3 Å². The average Bonchev–Trinajstić information content (AvgIpc) is 2.53. The molecule has 1 rings (SSSR count). The molecule has 1 aromatic rings. The van der Waals surface area contributed by atoms with E-state index in [1.807, 2.05) is 0 Å². The fraction of sp³-hybridized carbons (Fsp3) is 0.526. The predicted octanol–water partition coefficient (Wildman–Crippen LogP) is 3.29. The van der Waals surface area contributed by atoms with Crippen LogP contribution in [0.4, 0.5) is 10.5 Å². The summed E-state index contributed by atoms with van der Waals surface area (Å²) in [6, 6.07) is 6.38. The number of esters is 1. The third kappa shape index (κ3) is 7.23. The predicted molar refractivity (Wildman–Crippen MR) is 97.2 cm³/mol. The van der Waals surface area contributed by atoms with Crippen molar-refractivity contribution >= 4 is 23.5 Å². The zero-order valence-corrected chi connectivity index (χ0v) is 16.0. The first-order chi connectivity index (χ1) is 12.2. The van der Waals surface area contributed by atoms with Crippen LogP contribution in [-0.4, -0.2) is 43.3 Å². The van der Waals surface area contributed by atoms with Gasteiger partial charge in [-0.05, 0) is 52.3 Å². The molecule has 144 valence electrons. The fourth-order valence-corrected chi connectivity index (χ4v) is 2.15. The van der Waals surface area contributed by atoms with Crippen LogP contribution in [0.25, 0.3) is 0 Å². The fourth-order valence-electron chi connectivity index (χ4n) is 2.15. The molecule has 7 heteroatoms. The molecule has 0 heterocycles. The summed E-state index contributed by atoms with van der Waals surface area (Å²) in [5, 5.41) is 2.60. The Hall–Kier alpha value is -2.41. The van der Waals surface area contributed by atoms with E-state index in [-0.39, 0.29) is 19.0 Å². The SMILES string of the molecule is CCOCC(=O)C(C(=O)OCC)c1ccc(NC(=O)OC(C)(C)C)cc1. The molecule has 1 aromatic carbocycles. The highest BCUT2D eigenvalue weighted by atomic mass is 16.6. The van der Waals surface area contributed by atoms with Crippen LogP contribution in [0.15, 0.2) is 24.3 Å². The molecule has 0 bridgehead atoms. The van der Waals surface area contributed by atoms with Crippen LogP contribution in [0.3, 0.4) is 0 Å². The lowest BCUT2D eigenvalue weighted by Crippen LogP contribution is -2.28. The Balaban J connectivity index is 2.90. The third-order valence-corrected chi connectivity index (χ3v) is 3.18. The molecule has 1 N–H and O–H groups in total. The summed E-state index contributed by atoms with van der Waals surface area (Å²) in [4.78, 5) is 36.3. The minimum absolute atomic E-state index is 0.169. The van der Waals surface area contributed by atoms with Gasteiger partial charge in [-0.3, -0.25) is 14.9 Å². The van der Waals surface area contributed by atoms with Gasteiger partial charge in [-0.2, -0.15) is 0 Å². The van der Waals surface area contributed by atoms with Crippen LogP contribution in [0.1, 0.15) is 46.1 Å². The van der Waals surface area contributed by atoms with Gasteiger partial charge < -0.3 is 14.2 Å². The van der Waals surface area contributed by atoms with Crippen molar-refractivity contribution in [2.24, 2.45) is 0 Å². The summed E-state index contributed by atoms with van der Waals surface area (Å²) in [6.07, 6.45) is -0.584. The summed E-state index contributed by atoms with van der Waals surface area (Å²) in [5.74, 6) is -2.06. The number of anilines is 1. The highest BCUT2D eigenvalue weighted by Gasteiger charge is 2.29. The van der Waals surface area contributed by atoms with Crippen molar-refractivity contribution < 1.29 is 28.6 Å².